The summed E-state index contributed by atoms with van der Waals surface area (Å²) in [7, 11) is 1.65. The monoisotopic (exact) mass is 493 g/mol. The smallest absolute Gasteiger partial charge is 0.243 e. The zero-order chi connectivity index (χ0) is 25.7. The first kappa shape index (κ1) is 25.5. The number of aromatic nitrogens is 2. The molecule has 2 heterocycles. The van der Waals surface area contributed by atoms with Gasteiger partial charge in [-0.05, 0) is 56.5 Å². The minimum absolute atomic E-state index is 0.0250. The van der Waals surface area contributed by atoms with Crippen LogP contribution in [0.5, 0.6) is 0 Å². The van der Waals surface area contributed by atoms with Gasteiger partial charge >= 0.3 is 0 Å². The van der Waals surface area contributed by atoms with Gasteiger partial charge in [-0.25, -0.2) is 4.39 Å². The lowest BCUT2D eigenvalue weighted by Gasteiger charge is -2.36. The van der Waals surface area contributed by atoms with Gasteiger partial charge in [-0.2, -0.15) is 4.98 Å². The lowest BCUT2D eigenvalue weighted by Crippen LogP contribution is -2.50. The maximum absolute atomic E-state index is 13.6. The fourth-order valence-electron chi connectivity index (χ4n) is 4.61. The molecule has 3 aromatic rings. The van der Waals surface area contributed by atoms with Crippen molar-refractivity contribution in [1.82, 2.24) is 19.9 Å². The molecule has 190 valence electrons. The highest BCUT2D eigenvalue weighted by Crippen LogP contribution is 2.29. The molecule has 1 fully saturated rings. The number of nitrogens with zero attached hydrogens (tertiary/aromatic N) is 4. The Labute approximate surface area is 210 Å². The normalized spacial score (nSPS) is 16.9. The number of aryl methyl sites for hydroxylation is 1. The van der Waals surface area contributed by atoms with Crippen LogP contribution in [-0.4, -0.2) is 64.5 Å². The number of halogens is 1. The number of nitrogens with one attached hydrogen (secondary N) is 1. The lowest BCUT2D eigenvalue weighted by atomic mass is 9.96. The summed E-state index contributed by atoms with van der Waals surface area (Å²) in [6.45, 7) is 5.21. The second kappa shape index (κ2) is 11.4. The number of para-hydroxylation sites is 1. The number of amides is 2. The Kier molecular flexibility index (Phi) is 8.10. The second-order valence-electron chi connectivity index (χ2n) is 9.23. The van der Waals surface area contributed by atoms with E-state index >= 15 is 0 Å². The number of carbonyl (C=O) groups excluding carboxylic acids is 2. The molecule has 8 nitrogen and oxygen atoms in total. The molecule has 0 bridgehead atoms. The number of piperidine rings is 1. The zero-order valence-electron chi connectivity index (χ0n) is 20.9. The van der Waals surface area contributed by atoms with Crippen molar-refractivity contribution in [1.29, 1.82) is 0 Å². The fraction of sp³-hybridized carbons (Fsp3) is 0.407. The summed E-state index contributed by atoms with van der Waals surface area (Å²) in [5.41, 5.74) is 2.38. The quantitative estimate of drug-likeness (QED) is 0.508. The van der Waals surface area contributed by atoms with Crippen LogP contribution in [0.4, 0.5) is 10.1 Å². The molecule has 2 amide bonds. The summed E-state index contributed by atoms with van der Waals surface area (Å²) in [4.78, 5) is 33.8. The minimum atomic E-state index is -0.404. The van der Waals surface area contributed by atoms with Crippen molar-refractivity contribution in [2.24, 2.45) is 0 Å². The van der Waals surface area contributed by atoms with E-state index in [1.807, 2.05) is 38.1 Å². The van der Waals surface area contributed by atoms with Gasteiger partial charge in [-0.3, -0.25) is 14.5 Å². The molecule has 2 unspecified atom stereocenters. The van der Waals surface area contributed by atoms with Crippen LogP contribution in [0.2, 0.25) is 0 Å². The van der Waals surface area contributed by atoms with Gasteiger partial charge in [0.2, 0.25) is 23.5 Å². The fourth-order valence-corrected chi connectivity index (χ4v) is 4.61. The first-order valence-corrected chi connectivity index (χ1v) is 12.3. The Morgan fingerprint density at radius 3 is 2.83 bits per heavy atom. The van der Waals surface area contributed by atoms with Crippen molar-refractivity contribution >= 4 is 17.5 Å². The predicted octanol–water partition coefficient (Wildman–Crippen LogP) is 4.10. The molecule has 36 heavy (non-hydrogen) atoms. The van der Waals surface area contributed by atoms with Gasteiger partial charge in [0.15, 0.2) is 0 Å². The van der Waals surface area contributed by atoms with E-state index < -0.39 is 6.04 Å². The van der Waals surface area contributed by atoms with Gasteiger partial charge < -0.3 is 14.7 Å². The molecule has 0 aliphatic carbocycles. The highest BCUT2D eigenvalue weighted by atomic mass is 19.1. The first-order valence-electron chi connectivity index (χ1n) is 12.3. The molecule has 0 spiro atoms. The largest absolute Gasteiger partial charge is 0.339 e. The number of anilines is 1. The van der Waals surface area contributed by atoms with Crippen LogP contribution < -0.4 is 5.32 Å². The van der Waals surface area contributed by atoms with Crippen molar-refractivity contribution in [3.05, 3.63) is 65.8 Å². The maximum atomic E-state index is 13.6. The predicted molar refractivity (Wildman–Crippen MR) is 135 cm³/mol. The van der Waals surface area contributed by atoms with Gasteiger partial charge in [0.1, 0.15) is 5.82 Å². The number of likely N-dealkylation sites (tertiary alicyclic amines) is 1. The third-order valence-corrected chi connectivity index (χ3v) is 6.66. The molecular formula is C27H32FN5O3. The molecule has 0 radical (unpaired) electrons. The van der Waals surface area contributed by atoms with E-state index in [2.05, 4.69) is 20.4 Å². The molecule has 1 N–H and O–H groups in total. The summed E-state index contributed by atoms with van der Waals surface area (Å²) in [5, 5.41) is 6.94. The number of carbonyl (C=O) groups is 2. The van der Waals surface area contributed by atoms with Crippen molar-refractivity contribution in [2.75, 3.05) is 32.0 Å². The average molecular weight is 494 g/mol. The number of hydrogen-bond acceptors (Lipinski definition) is 6. The highest BCUT2D eigenvalue weighted by Gasteiger charge is 2.32. The SMILES string of the molecule is CCc1ccccc1NC(=O)CN(C)C(=O)C(C)N1CCCC(c2nc(-c3cccc(F)c3)no2)C1. The summed E-state index contributed by atoms with van der Waals surface area (Å²) in [6.07, 6.45) is 2.54. The lowest BCUT2D eigenvalue weighted by molar-refractivity contribution is -0.138. The Morgan fingerprint density at radius 1 is 1.25 bits per heavy atom. The molecule has 2 atom stereocenters. The third-order valence-electron chi connectivity index (χ3n) is 6.66. The van der Waals surface area contributed by atoms with E-state index in [0.717, 1.165) is 37.1 Å². The van der Waals surface area contributed by atoms with Crippen LogP contribution in [-0.2, 0) is 16.0 Å². The Morgan fingerprint density at radius 2 is 2.06 bits per heavy atom. The summed E-state index contributed by atoms with van der Waals surface area (Å²) < 4.78 is 19.1. The molecule has 1 aliphatic heterocycles. The summed E-state index contributed by atoms with van der Waals surface area (Å²) in [6, 6.07) is 13.3. The topological polar surface area (TPSA) is 91.6 Å². The van der Waals surface area contributed by atoms with E-state index in [9.17, 15) is 14.0 Å². The Bertz CT molecular complexity index is 1210. The van der Waals surface area contributed by atoms with Gasteiger partial charge in [0, 0.05) is 24.8 Å². The molecule has 2 aromatic carbocycles. The van der Waals surface area contributed by atoms with Crippen LogP contribution in [0.3, 0.4) is 0 Å². The summed E-state index contributed by atoms with van der Waals surface area (Å²) >= 11 is 0. The van der Waals surface area contributed by atoms with Gasteiger partial charge in [0.25, 0.3) is 0 Å². The van der Waals surface area contributed by atoms with Crippen molar-refractivity contribution in [2.45, 2.75) is 45.1 Å². The van der Waals surface area contributed by atoms with Crippen LogP contribution in [0.25, 0.3) is 11.4 Å². The molecule has 0 saturated carbocycles. The van der Waals surface area contributed by atoms with Crippen molar-refractivity contribution in [3.63, 3.8) is 0 Å². The van der Waals surface area contributed by atoms with E-state index in [4.69, 9.17) is 4.52 Å². The van der Waals surface area contributed by atoms with Crippen molar-refractivity contribution in [3.8, 4) is 11.4 Å². The molecule has 1 aliphatic rings. The molecular weight excluding hydrogens is 461 g/mol. The van der Waals surface area contributed by atoms with E-state index in [-0.39, 0.29) is 30.1 Å². The molecule has 1 aromatic heterocycles. The number of likely N-dealkylation sites (N-methyl/N-ethyl adjacent to an activating group) is 1. The van der Waals surface area contributed by atoms with Crippen LogP contribution in [0.1, 0.15) is 44.1 Å². The minimum Gasteiger partial charge on any atom is -0.339 e. The van der Waals surface area contributed by atoms with Crippen LogP contribution in [0, 0.1) is 5.82 Å². The third kappa shape index (κ3) is 5.96. The van der Waals surface area contributed by atoms with Crippen LogP contribution >= 0.6 is 0 Å². The molecule has 1 saturated heterocycles. The standard InChI is InChI=1S/C27H32FN5O3/c1-4-19-9-5-6-13-23(19)29-24(34)17-32(3)27(35)18(2)33-14-8-11-21(16-33)26-30-25(31-36-26)20-10-7-12-22(28)15-20/h5-7,9-10,12-13,15,18,21H,4,8,11,14,16-17H2,1-3H3,(H,29,34). The number of hydrogen-bond donors (Lipinski definition) is 1. The van der Waals surface area contributed by atoms with E-state index in [1.54, 1.807) is 19.2 Å². The van der Waals surface area contributed by atoms with E-state index in [1.165, 1.54) is 17.0 Å². The Balaban J connectivity index is 1.35. The first-order chi connectivity index (χ1) is 17.4. The summed E-state index contributed by atoms with van der Waals surface area (Å²) in [5.74, 6) is 0.0965. The number of rotatable bonds is 8. The Hall–Kier alpha value is -3.59. The highest BCUT2D eigenvalue weighted by molar-refractivity contribution is 5.95. The van der Waals surface area contributed by atoms with Gasteiger partial charge in [0.05, 0.1) is 18.5 Å². The number of benzene rings is 2. The van der Waals surface area contributed by atoms with Crippen molar-refractivity contribution < 1.29 is 18.5 Å². The maximum Gasteiger partial charge on any atom is 0.243 e. The van der Waals surface area contributed by atoms with Gasteiger partial charge in [-0.15, -0.1) is 0 Å². The molecule has 9 heteroatoms. The molecule has 4 rings (SSSR count). The van der Waals surface area contributed by atoms with Gasteiger partial charge in [-0.1, -0.05) is 42.4 Å². The second-order valence-corrected chi connectivity index (χ2v) is 9.23. The van der Waals surface area contributed by atoms with E-state index in [0.29, 0.717) is 23.8 Å². The zero-order valence-corrected chi connectivity index (χ0v) is 20.9. The van der Waals surface area contributed by atoms with Crippen LogP contribution in [0.15, 0.2) is 53.1 Å². The average Bonchev–Trinajstić information content (AvgIpc) is 3.39.